The second kappa shape index (κ2) is 9.17. The predicted molar refractivity (Wildman–Crippen MR) is 114 cm³/mol. The van der Waals surface area contributed by atoms with Crippen molar-refractivity contribution in [1.82, 2.24) is 15.0 Å². The molecule has 1 amide bonds. The topological polar surface area (TPSA) is 77.7 Å². The van der Waals surface area contributed by atoms with Crippen LogP contribution >= 0.6 is 11.6 Å². The van der Waals surface area contributed by atoms with Crippen molar-refractivity contribution in [3.63, 3.8) is 0 Å². The van der Waals surface area contributed by atoms with Crippen molar-refractivity contribution in [2.75, 3.05) is 14.2 Å². The summed E-state index contributed by atoms with van der Waals surface area (Å²) in [5, 5.41) is 4.60. The maximum absolute atomic E-state index is 13.0. The molecule has 0 bridgehead atoms. The van der Waals surface area contributed by atoms with Gasteiger partial charge in [0, 0.05) is 22.2 Å². The number of rotatable bonds is 7. The van der Waals surface area contributed by atoms with Crippen molar-refractivity contribution in [2.45, 2.75) is 33.4 Å². The van der Waals surface area contributed by atoms with E-state index in [2.05, 4.69) is 10.1 Å². The second-order valence-electron chi connectivity index (χ2n) is 7.07. The number of methoxy groups -OCH3 is 2. The van der Waals surface area contributed by atoms with E-state index in [9.17, 15) is 4.79 Å². The number of hydrogen-bond donors (Lipinski definition) is 0. The molecule has 0 N–H and O–H groups in total. The number of aryl methyl sites for hydroxylation is 1. The molecule has 0 unspecified atom stereocenters. The Kier molecular flexibility index (Phi) is 6.62. The Morgan fingerprint density at radius 2 is 1.87 bits per heavy atom. The van der Waals surface area contributed by atoms with Crippen molar-refractivity contribution in [2.24, 2.45) is 0 Å². The molecule has 7 nitrogen and oxygen atoms in total. The molecule has 0 radical (unpaired) electrons. The van der Waals surface area contributed by atoms with Crippen molar-refractivity contribution < 1.29 is 18.8 Å². The Hall–Kier alpha value is -3.06. The molecule has 158 valence electrons. The fraction of sp³-hybridized carbons (Fsp3) is 0.318. The lowest BCUT2D eigenvalue weighted by molar-refractivity contribution is 0.0667. The first kappa shape index (κ1) is 21.6. The zero-order valence-corrected chi connectivity index (χ0v) is 18.4. The monoisotopic (exact) mass is 429 g/mol. The van der Waals surface area contributed by atoms with E-state index < -0.39 is 0 Å². The number of halogens is 1. The molecular formula is C22H24ClN3O4. The van der Waals surface area contributed by atoms with Gasteiger partial charge >= 0.3 is 0 Å². The minimum absolute atomic E-state index is 0.0750. The third kappa shape index (κ3) is 4.57. The number of hydrogen-bond acceptors (Lipinski definition) is 6. The quantitative estimate of drug-likeness (QED) is 0.538. The summed E-state index contributed by atoms with van der Waals surface area (Å²) in [5.74, 6) is 1.76. The van der Waals surface area contributed by atoms with Gasteiger partial charge in [-0.05, 0) is 56.7 Å². The molecule has 0 saturated carbocycles. The fourth-order valence-corrected chi connectivity index (χ4v) is 3.12. The summed E-state index contributed by atoms with van der Waals surface area (Å²) in [7, 11) is 3.13. The maximum atomic E-state index is 13.0. The van der Waals surface area contributed by atoms with Crippen LogP contribution in [0.15, 0.2) is 40.9 Å². The van der Waals surface area contributed by atoms with E-state index in [4.69, 9.17) is 25.6 Å². The van der Waals surface area contributed by atoms with Gasteiger partial charge in [-0.25, -0.2) is 0 Å². The van der Waals surface area contributed by atoms with Gasteiger partial charge in [0.2, 0.25) is 11.7 Å². The molecular weight excluding hydrogens is 406 g/mol. The van der Waals surface area contributed by atoms with E-state index in [1.807, 2.05) is 32.9 Å². The van der Waals surface area contributed by atoms with Gasteiger partial charge in [0.25, 0.3) is 5.91 Å². The molecule has 0 aliphatic rings. The highest BCUT2D eigenvalue weighted by molar-refractivity contribution is 6.31. The SMILES string of the molecule is COc1ccc(-c2noc(CN(C(=O)c3ccc(C)c(Cl)c3)C(C)C)n2)cc1OC. The smallest absolute Gasteiger partial charge is 0.254 e. The summed E-state index contributed by atoms with van der Waals surface area (Å²) in [6.07, 6.45) is 0. The number of ether oxygens (including phenoxy) is 2. The summed E-state index contributed by atoms with van der Waals surface area (Å²) in [6.45, 7) is 5.94. The zero-order valence-electron chi connectivity index (χ0n) is 17.6. The second-order valence-corrected chi connectivity index (χ2v) is 7.48. The van der Waals surface area contributed by atoms with Gasteiger partial charge in [-0.3, -0.25) is 4.79 Å². The molecule has 1 heterocycles. The molecule has 1 aromatic heterocycles. The van der Waals surface area contributed by atoms with Crippen LogP contribution in [0, 0.1) is 6.92 Å². The number of aromatic nitrogens is 2. The van der Waals surface area contributed by atoms with Gasteiger partial charge in [-0.1, -0.05) is 22.8 Å². The first-order valence-corrected chi connectivity index (χ1v) is 9.84. The lowest BCUT2D eigenvalue weighted by Crippen LogP contribution is -2.36. The number of nitrogens with zero attached hydrogens (tertiary/aromatic N) is 3. The van der Waals surface area contributed by atoms with Gasteiger partial charge in [0.05, 0.1) is 14.2 Å². The van der Waals surface area contributed by atoms with E-state index in [1.54, 1.807) is 43.4 Å². The Bertz CT molecular complexity index is 1050. The van der Waals surface area contributed by atoms with Gasteiger partial charge in [0.1, 0.15) is 6.54 Å². The normalized spacial score (nSPS) is 10.9. The maximum Gasteiger partial charge on any atom is 0.254 e. The molecule has 0 spiro atoms. The summed E-state index contributed by atoms with van der Waals surface area (Å²) in [5.41, 5.74) is 2.15. The Balaban J connectivity index is 1.83. The van der Waals surface area contributed by atoms with Gasteiger partial charge in [-0.15, -0.1) is 0 Å². The van der Waals surface area contributed by atoms with Crippen LogP contribution < -0.4 is 9.47 Å². The van der Waals surface area contributed by atoms with Crippen LogP contribution in [0.25, 0.3) is 11.4 Å². The molecule has 0 aliphatic carbocycles. The molecule has 3 aromatic rings. The standard InChI is InChI=1S/C22H24ClN3O4/c1-13(2)26(22(27)16-7-6-14(3)17(23)10-16)12-20-24-21(25-30-20)15-8-9-18(28-4)19(11-15)29-5/h6-11,13H,12H2,1-5H3. The highest BCUT2D eigenvalue weighted by Crippen LogP contribution is 2.31. The fourth-order valence-electron chi connectivity index (χ4n) is 2.94. The van der Waals surface area contributed by atoms with E-state index >= 15 is 0 Å². The number of benzene rings is 2. The van der Waals surface area contributed by atoms with Crippen LogP contribution in [-0.4, -0.2) is 41.2 Å². The largest absolute Gasteiger partial charge is 0.493 e. The van der Waals surface area contributed by atoms with Gasteiger partial charge in [-0.2, -0.15) is 4.98 Å². The molecule has 0 atom stereocenters. The van der Waals surface area contributed by atoms with Crippen LogP contribution in [0.3, 0.4) is 0 Å². The summed E-state index contributed by atoms with van der Waals surface area (Å²) in [4.78, 5) is 19.1. The molecule has 3 rings (SSSR count). The highest BCUT2D eigenvalue weighted by atomic mass is 35.5. The van der Waals surface area contributed by atoms with Crippen LogP contribution in [-0.2, 0) is 6.54 Å². The van der Waals surface area contributed by atoms with Crippen molar-refractivity contribution in [1.29, 1.82) is 0 Å². The lowest BCUT2D eigenvalue weighted by atomic mass is 10.1. The molecule has 2 aromatic carbocycles. The average molecular weight is 430 g/mol. The third-order valence-corrected chi connectivity index (χ3v) is 5.13. The predicted octanol–water partition coefficient (Wildman–Crippen LogP) is 4.77. The van der Waals surface area contributed by atoms with E-state index in [-0.39, 0.29) is 18.5 Å². The van der Waals surface area contributed by atoms with Crippen molar-refractivity contribution >= 4 is 17.5 Å². The average Bonchev–Trinajstić information content (AvgIpc) is 3.21. The molecule has 30 heavy (non-hydrogen) atoms. The Morgan fingerprint density at radius 1 is 1.13 bits per heavy atom. The van der Waals surface area contributed by atoms with Crippen LogP contribution in [0.1, 0.15) is 35.7 Å². The summed E-state index contributed by atoms with van der Waals surface area (Å²) in [6, 6.07) is 10.6. The molecule has 8 heteroatoms. The Morgan fingerprint density at radius 3 is 2.50 bits per heavy atom. The van der Waals surface area contributed by atoms with Crippen molar-refractivity contribution in [3.8, 4) is 22.9 Å². The number of amides is 1. The lowest BCUT2D eigenvalue weighted by Gasteiger charge is -2.25. The molecule has 0 fully saturated rings. The van der Waals surface area contributed by atoms with Crippen LogP contribution in [0.2, 0.25) is 5.02 Å². The van der Waals surface area contributed by atoms with Crippen LogP contribution in [0.5, 0.6) is 11.5 Å². The Labute approximate surface area is 180 Å². The third-order valence-electron chi connectivity index (χ3n) is 4.72. The first-order valence-electron chi connectivity index (χ1n) is 9.46. The highest BCUT2D eigenvalue weighted by Gasteiger charge is 2.23. The number of carbonyl (C=O) groups is 1. The summed E-state index contributed by atoms with van der Waals surface area (Å²) < 4.78 is 16.0. The van der Waals surface area contributed by atoms with E-state index in [0.717, 1.165) is 11.1 Å². The van der Waals surface area contributed by atoms with Gasteiger partial charge in [0.15, 0.2) is 11.5 Å². The zero-order chi connectivity index (χ0) is 21.8. The first-order chi connectivity index (χ1) is 14.3. The van der Waals surface area contributed by atoms with E-state index in [1.165, 1.54) is 0 Å². The molecule has 0 aliphatic heterocycles. The van der Waals surface area contributed by atoms with E-state index in [0.29, 0.717) is 33.8 Å². The number of carbonyl (C=O) groups excluding carboxylic acids is 1. The van der Waals surface area contributed by atoms with Crippen LogP contribution in [0.4, 0.5) is 0 Å². The molecule has 0 saturated heterocycles. The van der Waals surface area contributed by atoms with Gasteiger partial charge < -0.3 is 18.9 Å². The summed E-state index contributed by atoms with van der Waals surface area (Å²) >= 11 is 6.19. The minimum atomic E-state index is -0.155. The van der Waals surface area contributed by atoms with Crippen molar-refractivity contribution in [3.05, 3.63) is 58.4 Å². The minimum Gasteiger partial charge on any atom is -0.493 e.